The number of methoxy groups -OCH3 is 1. The van der Waals surface area contributed by atoms with E-state index in [2.05, 4.69) is 29.0 Å². The summed E-state index contributed by atoms with van der Waals surface area (Å²) in [5.41, 5.74) is 1.77. The van der Waals surface area contributed by atoms with E-state index in [4.69, 9.17) is 4.74 Å². The Morgan fingerprint density at radius 1 is 1.32 bits per heavy atom. The molecule has 2 N–H and O–H groups in total. The van der Waals surface area contributed by atoms with E-state index in [1.54, 1.807) is 7.11 Å². The molecule has 1 amide bonds. The van der Waals surface area contributed by atoms with Gasteiger partial charge in [0.1, 0.15) is 0 Å². The van der Waals surface area contributed by atoms with E-state index in [-0.39, 0.29) is 5.91 Å². The average molecular weight is 322 g/mol. The van der Waals surface area contributed by atoms with Crippen LogP contribution in [0.1, 0.15) is 18.4 Å². The Labute approximate surface area is 137 Å². The number of piperidine rings is 1. The van der Waals surface area contributed by atoms with Crippen LogP contribution >= 0.6 is 11.8 Å². The number of benzene rings is 1. The molecule has 0 atom stereocenters. The van der Waals surface area contributed by atoms with Gasteiger partial charge in [-0.2, -0.15) is 11.8 Å². The topological polar surface area (TPSA) is 50.4 Å². The van der Waals surface area contributed by atoms with Crippen molar-refractivity contribution in [1.82, 2.24) is 5.32 Å². The molecule has 0 saturated carbocycles. The molecule has 2 rings (SSSR count). The zero-order chi connectivity index (χ0) is 15.8. The quantitative estimate of drug-likeness (QED) is 0.810. The van der Waals surface area contributed by atoms with Crippen molar-refractivity contribution in [2.24, 2.45) is 5.41 Å². The van der Waals surface area contributed by atoms with Crippen molar-refractivity contribution < 1.29 is 9.53 Å². The van der Waals surface area contributed by atoms with Crippen molar-refractivity contribution in [3.8, 4) is 0 Å². The first-order chi connectivity index (χ1) is 10.7. The SMILES string of the molecule is COCC1(C(=O)Nc2ccc(CCSC)cc2)CCNCC1. The van der Waals surface area contributed by atoms with Gasteiger partial charge >= 0.3 is 0 Å². The van der Waals surface area contributed by atoms with E-state index in [0.29, 0.717) is 6.61 Å². The first kappa shape index (κ1) is 17.3. The molecule has 1 fully saturated rings. The number of rotatable bonds is 7. The Hall–Kier alpha value is -1.04. The third-order valence-corrected chi connectivity index (χ3v) is 4.88. The molecule has 0 unspecified atom stereocenters. The van der Waals surface area contributed by atoms with Crippen molar-refractivity contribution in [1.29, 1.82) is 0 Å². The van der Waals surface area contributed by atoms with Gasteiger partial charge in [-0.1, -0.05) is 12.1 Å². The second-order valence-corrected chi connectivity index (χ2v) is 6.84. The molecular weight excluding hydrogens is 296 g/mol. The van der Waals surface area contributed by atoms with Gasteiger partial charge in [-0.25, -0.2) is 0 Å². The molecule has 0 bridgehead atoms. The third-order valence-electron chi connectivity index (χ3n) is 4.27. The van der Waals surface area contributed by atoms with Crippen LogP contribution in [0.5, 0.6) is 0 Å². The fraction of sp³-hybridized carbons (Fsp3) is 0.588. The highest BCUT2D eigenvalue weighted by atomic mass is 32.2. The van der Waals surface area contributed by atoms with Gasteiger partial charge < -0.3 is 15.4 Å². The molecule has 1 aliphatic rings. The van der Waals surface area contributed by atoms with Crippen molar-refractivity contribution in [3.63, 3.8) is 0 Å². The smallest absolute Gasteiger partial charge is 0.233 e. The number of amides is 1. The summed E-state index contributed by atoms with van der Waals surface area (Å²) in [5.74, 6) is 1.20. The molecule has 5 heteroatoms. The molecule has 1 aromatic rings. The van der Waals surface area contributed by atoms with Crippen LogP contribution < -0.4 is 10.6 Å². The van der Waals surface area contributed by atoms with E-state index in [9.17, 15) is 4.79 Å². The maximum absolute atomic E-state index is 12.7. The van der Waals surface area contributed by atoms with Gasteiger partial charge in [0.25, 0.3) is 0 Å². The van der Waals surface area contributed by atoms with Gasteiger partial charge in [0.05, 0.1) is 12.0 Å². The Bertz CT molecular complexity index is 465. The standard InChI is InChI=1S/C17H26N2O2S/c1-21-13-17(8-10-18-11-9-17)16(20)19-15-5-3-14(4-6-15)7-12-22-2/h3-6,18H,7-13H2,1-2H3,(H,19,20). The van der Waals surface area contributed by atoms with Crippen molar-refractivity contribution in [3.05, 3.63) is 29.8 Å². The Morgan fingerprint density at radius 3 is 2.59 bits per heavy atom. The summed E-state index contributed by atoms with van der Waals surface area (Å²) < 4.78 is 5.32. The van der Waals surface area contributed by atoms with E-state index < -0.39 is 5.41 Å². The van der Waals surface area contributed by atoms with Crippen LogP contribution in [0.3, 0.4) is 0 Å². The van der Waals surface area contributed by atoms with Crippen molar-refractivity contribution in [2.45, 2.75) is 19.3 Å². The first-order valence-electron chi connectivity index (χ1n) is 7.79. The number of hydrogen-bond donors (Lipinski definition) is 2. The lowest BCUT2D eigenvalue weighted by Gasteiger charge is -2.35. The van der Waals surface area contributed by atoms with Crippen molar-refractivity contribution >= 4 is 23.4 Å². The summed E-state index contributed by atoms with van der Waals surface area (Å²) in [4.78, 5) is 12.7. The minimum Gasteiger partial charge on any atom is -0.384 e. The molecule has 0 aliphatic carbocycles. The average Bonchev–Trinajstić information content (AvgIpc) is 2.55. The van der Waals surface area contributed by atoms with E-state index in [1.807, 2.05) is 23.9 Å². The third kappa shape index (κ3) is 4.48. The van der Waals surface area contributed by atoms with Crippen LogP contribution in [-0.4, -0.2) is 44.7 Å². The zero-order valence-electron chi connectivity index (χ0n) is 13.5. The monoisotopic (exact) mass is 322 g/mol. The van der Waals surface area contributed by atoms with Gasteiger partial charge in [-0.05, 0) is 62.1 Å². The second kappa shape index (κ2) is 8.56. The molecule has 0 aromatic heterocycles. The number of carbonyl (C=O) groups excluding carboxylic acids is 1. The fourth-order valence-electron chi connectivity index (χ4n) is 2.86. The fourth-order valence-corrected chi connectivity index (χ4v) is 3.30. The van der Waals surface area contributed by atoms with E-state index in [1.165, 1.54) is 5.56 Å². The molecule has 4 nitrogen and oxygen atoms in total. The number of anilines is 1. The van der Waals surface area contributed by atoms with Crippen LogP contribution in [0.25, 0.3) is 0 Å². The van der Waals surface area contributed by atoms with Gasteiger partial charge in [-0.15, -0.1) is 0 Å². The minimum absolute atomic E-state index is 0.0766. The Balaban J connectivity index is 2.00. The molecule has 1 aromatic carbocycles. The van der Waals surface area contributed by atoms with Gasteiger partial charge in [0, 0.05) is 12.8 Å². The Kier molecular flexibility index (Phi) is 6.73. The summed E-state index contributed by atoms with van der Waals surface area (Å²) >= 11 is 1.85. The zero-order valence-corrected chi connectivity index (χ0v) is 14.3. The van der Waals surface area contributed by atoms with E-state index >= 15 is 0 Å². The largest absolute Gasteiger partial charge is 0.384 e. The number of hydrogen-bond acceptors (Lipinski definition) is 4. The van der Waals surface area contributed by atoms with E-state index in [0.717, 1.165) is 43.8 Å². The predicted octanol–water partition coefficient (Wildman–Crippen LogP) is 2.55. The number of thioether (sulfide) groups is 1. The summed E-state index contributed by atoms with van der Waals surface area (Å²) in [7, 11) is 1.66. The lowest BCUT2D eigenvalue weighted by atomic mass is 9.78. The summed E-state index contributed by atoms with van der Waals surface area (Å²) in [6, 6.07) is 8.18. The summed E-state index contributed by atoms with van der Waals surface area (Å²) in [6.07, 6.45) is 4.81. The molecule has 0 radical (unpaired) electrons. The number of ether oxygens (including phenoxy) is 1. The van der Waals surface area contributed by atoms with Crippen molar-refractivity contribution in [2.75, 3.05) is 44.1 Å². The van der Waals surface area contributed by atoms with Crippen LogP contribution in [0.4, 0.5) is 5.69 Å². The lowest BCUT2D eigenvalue weighted by molar-refractivity contribution is -0.130. The molecule has 1 saturated heterocycles. The molecule has 122 valence electrons. The van der Waals surface area contributed by atoms with Gasteiger partial charge in [0.15, 0.2) is 0 Å². The summed E-state index contributed by atoms with van der Waals surface area (Å²) in [5, 5.41) is 6.37. The summed E-state index contributed by atoms with van der Waals surface area (Å²) in [6.45, 7) is 2.21. The molecule has 22 heavy (non-hydrogen) atoms. The van der Waals surface area contributed by atoms with Gasteiger partial charge in [0.2, 0.25) is 5.91 Å². The number of nitrogens with one attached hydrogen (secondary N) is 2. The normalized spacial score (nSPS) is 17.2. The molecule has 0 spiro atoms. The van der Waals surface area contributed by atoms with Gasteiger partial charge in [-0.3, -0.25) is 4.79 Å². The molecule has 1 aliphatic heterocycles. The minimum atomic E-state index is -0.405. The highest BCUT2D eigenvalue weighted by Crippen LogP contribution is 2.31. The Morgan fingerprint density at radius 2 is 2.00 bits per heavy atom. The molecular formula is C17H26N2O2S. The molecule has 1 heterocycles. The van der Waals surface area contributed by atoms with Crippen LogP contribution in [0, 0.1) is 5.41 Å². The number of carbonyl (C=O) groups is 1. The van der Waals surface area contributed by atoms with Crippen LogP contribution in [-0.2, 0) is 16.0 Å². The first-order valence-corrected chi connectivity index (χ1v) is 9.18. The highest BCUT2D eigenvalue weighted by molar-refractivity contribution is 7.98. The second-order valence-electron chi connectivity index (χ2n) is 5.86. The number of aryl methyl sites for hydroxylation is 1. The van der Waals surface area contributed by atoms with Crippen LogP contribution in [0.15, 0.2) is 24.3 Å². The highest BCUT2D eigenvalue weighted by Gasteiger charge is 2.39. The maximum atomic E-state index is 12.7. The maximum Gasteiger partial charge on any atom is 0.233 e. The predicted molar refractivity (Wildman–Crippen MR) is 93.6 cm³/mol. The lowest BCUT2D eigenvalue weighted by Crippen LogP contribution is -2.47. The van der Waals surface area contributed by atoms with Crippen LogP contribution in [0.2, 0.25) is 0 Å².